The first-order valence-electron chi connectivity index (χ1n) is 5.61. The minimum atomic E-state index is -0.691. The van der Waals surface area contributed by atoms with Crippen molar-refractivity contribution in [3.05, 3.63) is 16.4 Å². The molecule has 0 amide bonds. The normalized spacial score (nSPS) is 13.8. The van der Waals surface area contributed by atoms with Crippen molar-refractivity contribution in [3.63, 3.8) is 0 Å². The van der Waals surface area contributed by atoms with Crippen LogP contribution >= 0.6 is 11.5 Å². The minimum absolute atomic E-state index is 0.140. The fourth-order valence-electron chi connectivity index (χ4n) is 1.61. The van der Waals surface area contributed by atoms with E-state index in [1.807, 2.05) is 20.8 Å². The smallest absolute Gasteiger partial charge is 0.177 e. The van der Waals surface area contributed by atoms with Crippen molar-refractivity contribution in [2.75, 3.05) is 0 Å². The van der Waals surface area contributed by atoms with Crippen molar-refractivity contribution in [1.29, 1.82) is 0 Å². The van der Waals surface area contributed by atoms with Crippen molar-refractivity contribution >= 4 is 11.5 Å². The third kappa shape index (κ3) is 2.70. The molecule has 1 N–H and O–H groups in total. The molecular formula is C10H16N6OS. The van der Waals surface area contributed by atoms with Crippen LogP contribution in [0.4, 0.5) is 0 Å². The average Bonchev–Trinajstić information content (AvgIpc) is 2.85. The lowest BCUT2D eigenvalue weighted by atomic mass is 9.90. The molecule has 2 rings (SSSR count). The van der Waals surface area contributed by atoms with Crippen LogP contribution in [0.1, 0.15) is 43.3 Å². The Morgan fingerprint density at radius 3 is 2.61 bits per heavy atom. The number of nitrogens with zero attached hydrogens (tertiary/aromatic N) is 6. The fourth-order valence-corrected chi connectivity index (χ4v) is 2.46. The number of aryl methyl sites for hydroxylation is 1. The van der Waals surface area contributed by atoms with Crippen LogP contribution in [-0.4, -0.2) is 34.9 Å². The SMILES string of the molecule is Cn1nnc(CC(O)c2snnc2C(C)(C)C)n1. The fraction of sp³-hybridized carbons (Fsp3) is 0.700. The van der Waals surface area contributed by atoms with Gasteiger partial charge in [0.2, 0.25) is 0 Å². The molecule has 0 aliphatic heterocycles. The van der Waals surface area contributed by atoms with Crippen LogP contribution in [0.25, 0.3) is 0 Å². The lowest BCUT2D eigenvalue weighted by Gasteiger charge is -2.18. The van der Waals surface area contributed by atoms with Gasteiger partial charge in [-0.2, -0.15) is 4.80 Å². The van der Waals surface area contributed by atoms with Crippen molar-refractivity contribution in [2.45, 2.75) is 38.7 Å². The summed E-state index contributed by atoms with van der Waals surface area (Å²) in [4.78, 5) is 2.15. The molecule has 1 unspecified atom stereocenters. The molecule has 98 valence electrons. The molecule has 0 radical (unpaired) electrons. The number of aliphatic hydroxyl groups is 1. The molecule has 2 aromatic heterocycles. The monoisotopic (exact) mass is 268 g/mol. The van der Waals surface area contributed by atoms with E-state index in [1.165, 1.54) is 16.3 Å². The van der Waals surface area contributed by atoms with E-state index in [9.17, 15) is 5.11 Å². The topological polar surface area (TPSA) is 89.6 Å². The largest absolute Gasteiger partial charge is 0.387 e. The summed E-state index contributed by atoms with van der Waals surface area (Å²) in [6.07, 6.45) is -0.371. The predicted octanol–water partition coefficient (Wildman–Crippen LogP) is 0.635. The molecule has 0 saturated heterocycles. The molecule has 18 heavy (non-hydrogen) atoms. The molecule has 2 aromatic rings. The highest BCUT2D eigenvalue weighted by Gasteiger charge is 2.27. The quantitative estimate of drug-likeness (QED) is 0.878. The van der Waals surface area contributed by atoms with Gasteiger partial charge in [0.25, 0.3) is 0 Å². The summed E-state index contributed by atoms with van der Waals surface area (Å²) in [6, 6.07) is 0. The molecule has 0 aromatic carbocycles. The zero-order valence-electron chi connectivity index (χ0n) is 10.8. The van der Waals surface area contributed by atoms with E-state index in [1.54, 1.807) is 7.05 Å². The third-order valence-corrected chi connectivity index (χ3v) is 3.28. The first-order chi connectivity index (χ1) is 8.38. The highest BCUT2D eigenvalue weighted by molar-refractivity contribution is 7.05. The van der Waals surface area contributed by atoms with Crippen molar-refractivity contribution in [3.8, 4) is 0 Å². The minimum Gasteiger partial charge on any atom is -0.387 e. The zero-order valence-corrected chi connectivity index (χ0v) is 11.6. The van der Waals surface area contributed by atoms with Crippen molar-refractivity contribution in [2.24, 2.45) is 7.05 Å². The summed E-state index contributed by atoms with van der Waals surface area (Å²) >= 11 is 1.22. The van der Waals surface area contributed by atoms with Crippen LogP contribution < -0.4 is 0 Å². The number of rotatable bonds is 3. The van der Waals surface area contributed by atoms with Gasteiger partial charge in [0.05, 0.1) is 23.7 Å². The molecule has 0 aliphatic carbocycles. The van der Waals surface area contributed by atoms with Crippen LogP contribution in [0.3, 0.4) is 0 Å². The van der Waals surface area contributed by atoms with Gasteiger partial charge < -0.3 is 5.11 Å². The van der Waals surface area contributed by atoms with E-state index in [0.717, 1.165) is 10.6 Å². The van der Waals surface area contributed by atoms with Gasteiger partial charge >= 0.3 is 0 Å². The zero-order chi connectivity index (χ0) is 13.3. The lowest BCUT2D eigenvalue weighted by Crippen LogP contribution is -2.16. The van der Waals surface area contributed by atoms with Gasteiger partial charge in [-0.25, -0.2) is 0 Å². The van der Waals surface area contributed by atoms with Crippen molar-refractivity contribution < 1.29 is 5.11 Å². The number of aromatic nitrogens is 6. The average molecular weight is 268 g/mol. The summed E-state index contributed by atoms with van der Waals surface area (Å²) in [7, 11) is 1.69. The molecule has 1 atom stereocenters. The first-order valence-corrected chi connectivity index (χ1v) is 6.39. The maximum absolute atomic E-state index is 10.2. The second-order valence-electron chi connectivity index (χ2n) is 5.15. The summed E-state index contributed by atoms with van der Waals surface area (Å²) in [6.45, 7) is 6.13. The Bertz CT molecular complexity index is 528. The van der Waals surface area contributed by atoms with E-state index < -0.39 is 6.10 Å². The Hall–Kier alpha value is -1.41. The molecule has 0 spiro atoms. The second kappa shape index (κ2) is 4.69. The van der Waals surface area contributed by atoms with E-state index in [-0.39, 0.29) is 5.41 Å². The predicted molar refractivity (Wildman–Crippen MR) is 66.1 cm³/mol. The van der Waals surface area contributed by atoms with Gasteiger partial charge in [0.1, 0.15) is 0 Å². The van der Waals surface area contributed by atoms with Crippen molar-refractivity contribution in [1.82, 2.24) is 29.8 Å². The molecular weight excluding hydrogens is 252 g/mol. The molecule has 7 nitrogen and oxygen atoms in total. The van der Waals surface area contributed by atoms with Gasteiger partial charge in [-0.1, -0.05) is 25.3 Å². The van der Waals surface area contributed by atoms with Gasteiger partial charge in [0, 0.05) is 11.8 Å². The number of hydrogen-bond acceptors (Lipinski definition) is 7. The van der Waals surface area contributed by atoms with Gasteiger partial charge in [-0.05, 0) is 16.7 Å². The lowest BCUT2D eigenvalue weighted by molar-refractivity contribution is 0.177. The van der Waals surface area contributed by atoms with E-state index in [4.69, 9.17) is 0 Å². The molecule has 0 bridgehead atoms. The number of aliphatic hydroxyl groups excluding tert-OH is 1. The summed E-state index contributed by atoms with van der Waals surface area (Å²) in [5.74, 6) is 0.512. The van der Waals surface area contributed by atoms with Crippen LogP contribution in [0.2, 0.25) is 0 Å². The Morgan fingerprint density at radius 2 is 2.06 bits per heavy atom. The van der Waals surface area contributed by atoms with Crippen LogP contribution in [0.5, 0.6) is 0 Å². The van der Waals surface area contributed by atoms with Crippen LogP contribution in [0, 0.1) is 0 Å². The Balaban J connectivity index is 2.19. The number of tetrazole rings is 1. The maximum Gasteiger partial charge on any atom is 0.177 e. The van der Waals surface area contributed by atoms with E-state index >= 15 is 0 Å². The molecule has 2 heterocycles. The first kappa shape index (κ1) is 13.0. The Kier molecular flexibility index (Phi) is 3.40. The maximum atomic E-state index is 10.2. The van der Waals surface area contributed by atoms with Gasteiger partial charge in [0.15, 0.2) is 5.82 Å². The van der Waals surface area contributed by atoms with E-state index in [2.05, 4.69) is 25.0 Å². The van der Waals surface area contributed by atoms with E-state index in [0.29, 0.717) is 12.2 Å². The third-order valence-electron chi connectivity index (χ3n) is 2.45. The Labute approximate surface area is 109 Å². The van der Waals surface area contributed by atoms with Crippen LogP contribution in [-0.2, 0) is 18.9 Å². The molecule has 8 heteroatoms. The molecule has 0 saturated carbocycles. The standard InChI is InChI=1S/C10H16N6OS/c1-10(2,3)9-8(18-15-12-9)6(17)5-7-11-14-16(4)13-7/h6,17H,5H2,1-4H3. The summed E-state index contributed by atoms with van der Waals surface area (Å²) in [5, 5.41) is 26.0. The second-order valence-corrected chi connectivity index (χ2v) is 5.94. The summed E-state index contributed by atoms with van der Waals surface area (Å²) < 4.78 is 3.93. The highest BCUT2D eigenvalue weighted by atomic mass is 32.1. The summed E-state index contributed by atoms with van der Waals surface area (Å²) in [5.41, 5.74) is 0.683. The molecule has 0 aliphatic rings. The molecule has 0 fully saturated rings. The highest BCUT2D eigenvalue weighted by Crippen LogP contribution is 2.31. The van der Waals surface area contributed by atoms with Gasteiger partial charge in [-0.15, -0.1) is 15.3 Å². The number of hydrogen-bond donors (Lipinski definition) is 1. The van der Waals surface area contributed by atoms with Crippen LogP contribution in [0.15, 0.2) is 0 Å². The van der Waals surface area contributed by atoms with Gasteiger partial charge in [-0.3, -0.25) is 0 Å². The Morgan fingerprint density at radius 1 is 1.33 bits per heavy atom.